The fraction of sp³-hybridized carbons (Fsp3) is 0.692. The van der Waals surface area contributed by atoms with Gasteiger partial charge in [-0.3, -0.25) is 47.7 Å². The molecule has 13 N–H and O–H groups in total. The number of rotatable bonds is 47. The number of aromatic amines is 1. The molecule has 0 saturated heterocycles. The number of nitrogens with one attached hydrogen (secondary N) is 9. The Morgan fingerprint density at radius 3 is 1.23 bits per heavy atom. The number of aromatic nitrogens is 9. The molecule has 0 atom stereocenters. The van der Waals surface area contributed by atoms with Gasteiger partial charge in [-0.1, -0.05) is 38.1 Å². The fourth-order valence-electron chi connectivity index (χ4n) is 6.95. The van der Waals surface area contributed by atoms with Crippen LogP contribution in [0, 0.1) is 5.41 Å². The maximum atomic E-state index is 13.0. The van der Waals surface area contributed by atoms with E-state index in [1.165, 1.54) is 6.20 Å². The van der Waals surface area contributed by atoms with Crippen LogP contribution in [-0.2, 0) is 91.2 Å². The summed E-state index contributed by atoms with van der Waals surface area (Å²) in [4.78, 5) is 101. The van der Waals surface area contributed by atoms with E-state index in [4.69, 9.17) is 35.0 Å². The third-order valence-electron chi connectivity index (χ3n) is 11.2. The largest absolute Gasteiger partial charge is 0.374 e. The number of hydrogen-bond donors (Lipinski definition) is 11. The normalized spacial score (nSPS) is 10.7. The van der Waals surface area contributed by atoms with Gasteiger partial charge in [0.2, 0.25) is 47.8 Å². The van der Waals surface area contributed by atoms with Crippen LogP contribution in [0.15, 0.2) is 23.7 Å². The molecule has 0 fully saturated rings. The van der Waals surface area contributed by atoms with Crippen molar-refractivity contribution in [2.45, 2.75) is 105 Å². The predicted molar refractivity (Wildman–Crippen MR) is 317 cm³/mol. The van der Waals surface area contributed by atoms with E-state index >= 15 is 0 Å². The number of H-pyrrole nitrogens is 1. The average Bonchev–Trinajstić information content (AvgIpc) is 4.35. The summed E-state index contributed by atoms with van der Waals surface area (Å²) in [6.07, 6.45) is 8.42. The van der Waals surface area contributed by atoms with E-state index in [2.05, 4.69) is 89.0 Å². The van der Waals surface area contributed by atoms with Crippen molar-refractivity contribution in [2.75, 3.05) is 118 Å². The van der Waals surface area contributed by atoms with Gasteiger partial charge in [-0.15, -0.1) is 10.2 Å². The summed E-state index contributed by atoms with van der Waals surface area (Å²) < 4.78 is 24.9. The van der Waals surface area contributed by atoms with Crippen LogP contribution in [-0.4, -0.2) is 233 Å². The molecular weight excluding hydrogens is 1120 g/mol. The van der Waals surface area contributed by atoms with E-state index < -0.39 is 0 Å². The van der Waals surface area contributed by atoms with E-state index in [1.54, 1.807) is 35.9 Å². The Balaban J connectivity index is 0.00000988. The molecular formula is C52H96N22O12. The van der Waals surface area contributed by atoms with Gasteiger partial charge in [-0.25, -0.2) is 0 Å². The summed E-state index contributed by atoms with van der Waals surface area (Å²) in [6.45, 7) is 13.6. The number of carbonyl (C=O) groups excluding carboxylic acids is 8. The third kappa shape index (κ3) is 44.6. The molecule has 3 heterocycles. The van der Waals surface area contributed by atoms with Crippen LogP contribution >= 0.6 is 0 Å². The Morgan fingerprint density at radius 1 is 0.547 bits per heavy atom. The van der Waals surface area contributed by atoms with Crippen molar-refractivity contribution in [3.05, 3.63) is 35.7 Å². The number of carbonyl (C=O) groups is 8. The molecule has 0 bridgehead atoms. The summed E-state index contributed by atoms with van der Waals surface area (Å²) in [6, 6.07) is 0. The standard InChI is InChI=1S/C47H81N21O11.2C2H6.CH3NO/c1-65-31-39(60-63-65)35-78-27-8-44(72)50-12-3-4-19-67(20-5-41(69)51-13-16-54-45(73)9-25-76-33-37(29-48)58-49)23-24-68(21-6-42(70)52-14-17-55-46(74)10-26-77-34-38-30-57-62-59-38)22-7-43(71)53-15-18-56-47(75)11-28-79-36-40-32-66(2)64-61-40;2*1-2;2-1-3/h29-32,48H,3-28,33-36,49H2,1-2H3,(H,50,72)(H,51,69)(H,52,70)(H,53,71)(H,54,73)(H,55,74)(H,56,75)(H,57,59,62);2*1-2H3;1H,(H2,2,3)/b48-29?,58-37+;;;. The molecule has 8 amide bonds. The summed E-state index contributed by atoms with van der Waals surface area (Å²) >= 11 is 0. The van der Waals surface area contributed by atoms with Gasteiger partial charge in [0.15, 0.2) is 0 Å². The van der Waals surface area contributed by atoms with E-state index in [9.17, 15) is 33.6 Å². The lowest BCUT2D eigenvalue weighted by Gasteiger charge is -2.28. The minimum Gasteiger partial charge on any atom is -0.374 e. The monoisotopic (exact) mass is 1220 g/mol. The average molecular weight is 1220 g/mol. The number of nitrogens with zero attached hydrogens (tertiary/aromatic N) is 11. The second-order valence-electron chi connectivity index (χ2n) is 17.9. The summed E-state index contributed by atoms with van der Waals surface area (Å²) in [5.74, 6) is 3.55. The first-order chi connectivity index (χ1) is 41.7. The minimum atomic E-state index is -0.274. The Morgan fingerprint density at radius 2 is 0.895 bits per heavy atom. The first-order valence-electron chi connectivity index (χ1n) is 28.8. The maximum absolute atomic E-state index is 13.0. The van der Waals surface area contributed by atoms with E-state index in [1.807, 2.05) is 32.6 Å². The van der Waals surface area contributed by atoms with Crippen molar-refractivity contribution in [3.63, 3.8) is 0 Å². The highest BCUT2D eigenvalue weighted by atomic mass is 16.5. The van der Waals surface area contributed by atoms with Crippen LogP contribution in [0.2, 0.25) is 0 Å². The van der Waals surface area contributed by atoms with Gasteiger partial charge in [-0.05, 0) is 19.4 Å². The second-order valence-corrected chi connectivity index (χ2v) is 17.9. The molecule has 34 heteroatoms. The highest BCUT2D eigenvalue weighted by Crippen LogP contribution is 2.03. The molecule has 3 aromatic rings. The van der Waals surface area contributed by atoms with Gasteiger partial charge in [0.05, 0.1) is 71.4 Å². The molecule has 3 aromatic heterocycles. The van der Waals surface area contributed by atoms with Gasteiger partial charge in [0, 0.05) is 144 Å². The zero-order chi connectivity index (χ0) is 63.8. The molecule has 0 aliphatic carbocycles. The van der Waals surface area contributed by atoms with Crippen LogP contribution in [0.3, 0.4) is 0 Å². The second kappa shape index (κ2) is 53.8. The number of hydrogen-bond acceptors (Lipinski definition) is 23. The van der Waals surface area contributed by atoms with E-state index in [0.717, 1.165) is 6.21 Å². The molecule has 0 radical (unpaired) electrons. The Kier molecular flexibility index (Phi) is 48.8. The minimum absolute atomic E-state index is 0.0101. The molecule has 0 aliphatic rings. The molecule has 486 valence electrons. The van der Waals surface area contributed by atoms with Crippen molar-refractivity contribution >= 4 is 59.7 Å². The number of primary amides is 1. The fourth-order valence-corrected chi connectivity index (χ4v) is 6.95. The molecule has 0 spiro atoms. The molecule has 0 aromatic carbocycles. The zero-order valence-electron chi connectivity index (χ0n) is 51.1. The number of aryl methyl sites for hydroxylation is 2. The Bertz CT molecular complexity index is 2320. The first-order valence-corrected chi connectivity index (χ1v) is 28.8. The highest BCUT2D eigenvalue weighted by molar-refractivity contribution is 6.30. The van der Waals surface area contributed by atoms with Crippen molar-refractivity contribution < 1.29 is 57.3 Å². The van der Waals surface area contributed by atoms with Gasteiger partial charge in [-0.2, -0.15) is 20.5 Å². The van der Waals surface area contributed by atoms with Gasteiger partial charge in [0.1, 0.15) is 22.8 Å². The molecule has 86 heavy (non-hydrogen) atoms. The Hall–Kier alpha value is -7.92. The summed E-state index contributed by atoms with van der Waals surface area (Å²) in [5.41, 5.74) is 6.34. The van der Waals surface area contributed by atoms with Gasteiger partial charge < -0.3 is 83.0 Å². The number of ether oxygens (including phenoxy) is 4. The molecule has 0 aliphatic heterocycles. The third-order valence-corrected chi connectivity index (χ3v) is 11.2. The summed E-state index contributed by atoms with van der Waals surface area (Å²) in [7, 11) is 3.50. The first kappa shape index (κ1) is 78.1. The smallest absolute Gasteiger partial charge is 0.222 e. The van der Waals surface area contributed by atoms with Crippen LogP contribution in [0.1, 0.15) is 103 Å². The number of hydrazone groups is 1. The lowest BCUT2D eigenvalue weighted by molar-refractivity contribution is -0.124. The number of amides is 8. The van der Waals surface area contributed by atoms with E-state index in [0.29, 0.717) is 75.7 Å². The highest BCUT2D eigenvalue weighted by Gasteiger charge is 2.16. The summed E-state index contributed by atoms with van der Waals surface area (Å²) in [5, 5.41) is 55.9. The quantitative estimate of drug-likeness (QED) is 0.00887. The molecule has 34 nitrogen and oxygen atoms in total. The molecule has 3 rings (SSSR count). The Labute approximate surface area is 503 Å². The van der Waals surface area contributed by atoms with Crippen molar-refractivity contribution in [3.8, 4) is 0 Å². The number of nitrogens with two attached hydrogens (primary N) is 2. The van der Waals surface area contributed by atoms with E-state index in [-0.39, 0.29) is 191 Å². The van der Waals surface area contributed by atoms with Crippen LogP contribution in [0.5, 0.6) is 0 Å². The van der Waals surface area contributed by atoms with Gasteiger partial charge >= 0.3 is 0 Å². The molecule has 0 saturated carbocycles. The van der Waals surface area contributed by atoms with Crippen molar-refractivity contribution in [1.29, 1.82) is 5.41 Å². The predicted octanol–water partition coefficient (Wildman–Crippen LogP) is -2.93. The maximum Gasteiger partial charge on any atom is 0.222 e. The van der Waals surface area contributed by atoms with Gasteiger partial charge in [0.25, 0.3) is 0 Å². The topological polar surface area (TPSA) is 455 Å². The van der Waals surface area contributed by atoms with Crippen LogP contribution in [0.25, 0.3) is 0 Å². The van der Waals surface area contributed by atoms with Crippen LogP contribution in [0.4, 0.5) is 0 Å². The SMILES string of the molecule is CC.CC.Cn1cc(COCCC(=O)NCCCCN(CCC(=O)NCCNC(=O)CCOC/C(C=N)=N/N)CCN(CCC(=O)NCCNC(=O)CCOCc2cn(C)nn2)CCC(=O)NCCNC(=O)CCOCc2cn[nH]n2)nn1.NC=O. The van der Waals surface area contributed by atoms with Crippen molar-refractivity contribution in [2.24, 2.45) is 30.8 Å². The van der Waals surface area contributed by atoms with Crippen molar-refractivity contribution in [1.82, 2.24) is 92.4 Å². The lowest BCUT2D eigenvalue weighted by atomic mass is 10.2. The zero-order valence-corrected chi connectivity index (χ0v) is 51.1. The lowest BCUT2D eigenvalue weighted by Crippen LogP contribution is -2.42. The molecule has 0 unspecified atom stereocenters. The van der Waals surface area contributed by atoms with Crippen LogP contribution < -0.4 is 48.8 Å². The number of unbranched alkanes of at least 4 members (excludes halogenated alkanes) is 1.